The van der Waals surface area contributed by atoms with Crippen LogP contribution in [-0.4, -0.2) is 48.3 Å². The van der Waals surface area contributed by atoms with Crippen LogP contribution >= 0.6 is 24.0 Å². The lowest BCUT2D eigenvalue weighted by molar-refractivity contribution is 0.298. The maximum atomic E-state index is 13.8. The summed E-state index contributed by atoms with van der Waals surface area (Å²) in [6.07, 6.45) is 3.89. The first kappa shape index (κ1) is 23.4. The lowest BCUT2D eigenvalue weighted by Crippen LogP contribution is -2.42. The third kappa shape index (κ3) is 6.46. The maximum Gasteiger partial charge on any atom is 0.191 e. The second-order valence-electron chi connectivity index (χ2n) is 6.75. The van der Waals surface area contributed by atoms with Crippen molar-refractivity contribution in [2.24, 2.45) is 12.0 Å². The summed E-state index contributed by atoms with van der Waals surface area (Å²) in [5.74, 6) is 0.484. The molecule has 8 heteroatoms. The van der Waals surface area contributed by atoms with E-state index in [9.17, 15) is 4.39 Å². The van der Waals surface area contributed by atoms with E-state index >= 15 is 0 Å². The van der Waals surface area contributed by atoms with E-state index in [0.29, 0.717) is 18.1 Å². The van der Waals surface area contributed by atoms with E-state index in [1.54, 1.807) is 30.8 Å². The van der Waals surface area contributed by atoms with Gasteiger partial charge in [-0.15, -0.1) is 24.0 Å². The molecule has 0 fully saturated rings. The van der Waals surface area contributed by atoms with Gasteiger partial charge in [-0.05, 0) is 45.1 Å². The zero-order chi connectivity index (χ0) is 19.3. The van der Waals surface area contributed by atoms with Crippen molar-refractivity contribution in [2.45, 2.75) is 25.9 Å². The van der Waals surface area contributed by atoms with Crippen molar-refractivity contribution >= 4 is 29.9 Å². The monoisotopic (exact) mass is 488 g/mol. The second kappa shape index (κ2) is 10.6. The highest BCUT2D eigenvalue weighted by atomic mass is 127. The minimum atomic E-state index is -0.191. The van der Waals surface area contributed by atoms with Crippen LogP contribution in [-0.2, 0) is 7.05 Å². The molecule has 0 radical (unpaired) electrons. The molecule has 2 rings (SSSR count). The Hall–Kier alpha value is -1.68. The van der Waals surface area contributed by atoms with E-state index in [4.69, 9.17) is 0 Å². The van der Waals surface area contributed by atoms with Crippen LogP contribution in [0.4, 0.5) is 4.39 Å². The van der Waals surface area contributed by atoms with Crippen LogP contribution in [0.2, 0.25) is 0 Å². The zero-order valence-electron chi connectivity index (χ0n) is 16.8. The van der Waals surface area contributed by atoms with Crippen molar-refractivity contribution in [3.8, 4) is 0 Å². The summed E-state index contributed by atoms with van der Waals surface area (Å²) < 4.78 is 15.6. The highest BCUT2D eigenvalue weighted by Gasteiger charge is 2.17. The molecule has 2 N–H and O–H groups in total. The van der Waals surface area contributed by atoms with Gasteiger partial charge in [-0.1, -0.05) is 12.1 Å². The normalized spacial score (nSPS) is 13.9. The van der Waals surface area contributed by atoms with Gasteiger partial charge < -0.3 is 15.5 Å². The van der Waals surface area contributed by atoms with Crippen LogP contribution in [0.25, 0.3) is 0 Å². The van der Waals surface area contributed by atoms with E-state index in [1.807, 2.05) is 46.5 Å². The number of aromatic nitrogens is 2. The number of aliphatic imine (C=N–C) groups is 1. The molecular formula is C19H30FIN6. The van der Waals surface area contributed by atoms with Gasteiger partial charge in [-0.25, -0.2) is 4.39 Å². The maximum absolute atomic E-state index is 13.8. The van der Waals surface area contributed by atoms with Gasteiger partial charge in [0.2, 0.25) is 0 Å². The number of rotatable bonds is 6. The molecule has 0 aliphatic rings. The van der Waals surface area contributed by atoms with Crippen LogP contribution in [0.1, 0.15) is 35.7 Å². The Kier molecular flexibility index (Phi) is 9.17. The Balaban J connectivity index is 0.00000364. The fourth-order valence-corrected chi connectivity index (χ4v) is 2.77. The van der Waals surface area contributed by atoms with Gasteiger partial charge >= 0.3 is 0 Å². The van der Waals surface area contributed by atoms with Gasteiger partial charge in [0, 0.05) is 32.4 Å². The van der Waals surface area contributed by atoms with Crippen molar-refractivity contribution in [3.63, 3.8) is 0 Å². The quantitative estimate of drug-likeness (QED) is 0.373. The molecule has 1 aromatic carbocycles. The molecule has 0 aliphatic carbocycles. The van der Waals surface area contributed by atoms with Gasteiger partial charge in [0.05, 0.1) is 18.3 Å². The van der Waals surface area contributed by atoms with Crippen LogP contribution in [0.15, 0.2) is 35.6 Å². The molecule has 0 bridgehead atoms. The third-order valence-corrected chi connectivity index (χ3v) is 4.47. The molecule has 1 aromatic heterocycles. The van der Waals surface area contributed by atoms with E-state index in [2.05, 4.69) is 25.6 Å². The van der Waals surface area contributed by atoms with Gasteiger partial charge in [-0.3, -0.25) is 9.67 Å². The molecule has 1 heterocycles. The molecule has 2 atom stereocenters. The van der Waals surface area contributed by atoms with Gasteiger partial charge in [0.1, 0.15) is 5.82 Å². The van der Waals surface area contributed by atoms with Crippen LogP contribution in [0, 0.1) is 12.7 Å². The number of halogens is 2. The summed E-state index contributed by atoms with van der Waals surface area (Å²) in [5.41, 5.74) is 2.66. The molecule has 2 unspecified atom stereocenters. The summed E-state index contributed by atoms with van der Waals surface area (Å²) in [4.78, 5) is 6.42. The highest BCUT2D eigenvalue weighted by Crippen LogP contribution is 2.17. The van der Waals surface area contributed by atoms with E-state index in [1.165, 1.54) is 0 Å². The topological polar surface area (TPSA) is 57.5 Å². The summed E-state index contributed by atoms with van der Waals surface area (Å²) in [6, 6.07) is 5.39. The first-order valence-corrected chi connectivity index (χ1v) is 8.70. The average Bonchev–Trinajstić information content (AvgIpc) is 3.02. The largest absolute Gasteiger partial charge is 0.354 e. The second-order valence-corrected chi connectivity index (χ2v) is 6.75. The highest BCUT2D eigenvalue weighted by molar-refractivity contribution is 14.0. The summed E-state index contributed by atoms with van der Waals surface area (Å²) in [5, 5.41) is 10.9. The van der Waals surface area contributed by atoms with E-state index in [0.717, 1.165) is 11.1 Å². The fraction of sp³-hybridized carbons (Fsp3) is 0.474. The molecule has 0 saturated heterocycles. The van der Waals surface area contributed by atoms with E-state index < -0.39 is 0 Å². The molecule has 0 saturated carbocycles. The standard InChI is InChI=1S/C19H29FN6.HI/c1-13-7-8-15(9-17(13)20)14(2)24-19(21-3)22-11-18(25(4)5)16-10-23-26(6)12-16;/h7-10,12,14,18H,11H2,1-6H3,(H2,21,22,24);1H. The van der Waals surface area contributed by atoms with Crippen LogP contribution in [0.3, 0.4) is 0 Å². The number of likely N-dealkylation sites (N-methyl/N-ethyl adjacent to an activating group) is 1. The van der Waals surface area contributed by atoms with Crippen molar-refractivity contribution in [1.82, 2.24) is 25.3 Å². The first-order valence-electron chi connectivity index (χ1n) is 8.70. The first-order chi connectivity index (χ1) is 12.3. The van der Waals surface area contributed by atoms with Gasteiger partial charge in [0.25, 0.3) is 0 Å². The van der Waals surface area contributed by atoms with Gasteiger partial charge in [-0.2, -0.15) is 5.10 Å². The molecule has 150 valence electrons. The number of hydrogen-bond acceptors (Lipinski definition) is 3. The SMILES string of the molecule is CN=C(NCC(c1cnn(C)c1)N(C)C)NC(C)c1ccc(C)c(F)c1.I. The van der Waals surface area contributed by atoms with Crippen LogP contribution < -0.4 is 10.6 Å². The smallest absolute Gasteiger partial charge is 0.191 e. The Bertz CT molecular complexity index is 758. The third-order valence-electron chi connectivity index (χ3n) is 4.47. The Labute approximate surface area is 178 Å². The molecular weight excluding hydrogens is 458 g/mol. The Morgan fingerprint density at radius 3 is 2.56 bits per heavy atom. The average molecular weight is 488 g/mol. The predicted molar refractivity (Wildman–Crippen MR) is 119 cm³/mol. The molecule has 0 aliphatic heterocycles. The minimum absolute atomic E-state index is 0. The lowest BCUT2D eigenvalue weighted by atomic mass is 10.1. The van der Waals surface area contributed by atoms with E-state index in [-0.39, 0.29) is 41.9 Å². The molecule has 27 heavy (non-hydrogen) atoms. The molecule has 6 nitrogen and oxygen atoms in total. The number of aryl methyl sites for hydroxylation is 2. The lowest BCUT2D eigenvalue weighted by Gasteiger charge is -2.25. The fourth-order valence-electron chi connectivity index (χ4n) is 2.77. The summed E-state index contributed by atoms with van der Waals surface area (Å²) >= 11 is 0. The number of hydrogen-bond donors (Lipinski definition) is 2. The van der Waals surface area contributed by atoms with Crippen molar-refractivity contribution in [1.29, 1.82) is 0 Å². The molecule has 0 spiro atoms. The number of guanidine groups is 1. The van der Waals surface area contributed by atoms with Crippen LogP contribution in [0.5, 0.6) is 0 Å². The minimum Gasteiger partial charge on any atom is -0.354 e. The van der Waals surface area contributed by atoms with Crippen molar-refractivity contribution in [2.75, 3.05) is 27.7 Å². The Morgan fingerprint density at radius 2 is 2.04 bits per heavy atom. The van der Waals surface area contributed by atoms with Crippen molar-refractivity contribution in [3.05, 3.63) is 53.1 Å². The predicted octanol–water partition coefficient (Wildman–Crippen LogP) is 3.01. The van der Waals surface area contributed by atoms with Crippen molar-refractivity contribution < 1.29 is 4.39 Å². The molecule has 0 amide bonds. The number of nitrogens with zero attached hydrogens (tertiary/aromatic N) is 4. The van der Waals surface area contributed by atoms with Gasteiger partial charge in [0.15, 0.2) is 5.96 Å². The number of benzene rings is 1. The summed E-state index contributed by atoms with van der Waals surface area (Å²) in [6.45, 7) is 4.42. The number of nitrogens with one attached hydrogen (secondary N) is 2. The Morgan fingerprint density at radius 1 is 1.33 bits per heavy atom. The summed E-state index contributed by atoms with van der Waals surface area (Å²) in [7, 11) is 7.71. The zero-order valence-corrected chi connectivity index (χ0v) is 19.2. The molecule has 2 aromatic rings.